The highest BCUT2D eigenvalue weighted by Gasteiger charge is 2.36. The Hall–Kier alpha value is -8.10. The van der Waals surface area contributed by atoms with Gasteiger partial charge in [-0.05, 0) is 165 Å². The second-order valence-corrected chi connectivity index (χ2v) is 21.4. The average Bonchev–Trinajstić information content (AvgIpc) is 3.90. The fourth-order valence-corrected chi connectivity index (χ4v) is 9.58. The number of halogens is 7. The van der Waals surface area contributed by atoms with Gasteiger partial charge in [0.1, 0.15) is 0 Å². The van der Waals surface area contributed by atoms with Crippen LogP contribution in [0.15, 0.2) is 114 Å². The van der Waals surface area contributed by atoms with E-state index in [0.29, 0.717) is 52.1 Å². The second-order valence-electron chi connectivity index (χ2n) is 20.7. The summed E-state index contributed by atoms with van der Waals surface area (Å²) in [4.78, 5) is 33.8. The molecule has 1 atom stereocenters. The first-order chi connectivity index (χ1) is 40.6. The van der Waals surface area contributed by atoms with Crippen LogP contribution in [0.1, 0.15) is 90.8 Å². The summed E-state index contributed by atoms with van der Waals surface area (Å²) in [5.41, 5.74) is 3.77. The lowest BCUT2D eigenvalue weighted by Crippen LogP contribution is -2.44. The molecule has 3 fully saturated rings. The van der Waals surface area contributed by atoms with E-state index in [2.05, 4.69) is 91.6 Å². The van der Waals surface area contributed by atoms with E-state index in [1.165, 1.54) is 41.6 Å². The van der Waals surface area contributed by atoms with Gasteiger partial charge in [0, 0.05) is 118 Å². The van der Waals surface area contributed by atoms with Gasteiger partial charge in [-0.2, -0.15) is 45.6 Å². The van der Waals surface area contributed by atoms with Crippen molar-refractivity contribution >= 4 is 50.4 Å². The molecule has 2 N–H and O–H groups in total. The summed E-state index contributed by atoms with van der Waals surface area (Å²) in [6.45, 7) is 13.3. The normalized spacial score (nSPS) is 15.9. The average molecular weight is 1230 g/mol. The lowest BCUT2D eigenvalue weighted by molar-refractivity contribution is -0.139. The van der Waals surface area contributed by atoms with Gasteiger partial charge in [0.25, 0.3) is 11.8 Å². The molecule has 1 unspecified atom stereocenters. The van der Waals surface area contributed by atoms with Crippen molar-refractivity contribution in [3.05, 3.63) is 176 Å². The molecular weight excluding hydrogens is 1170 g/mol. The van der Waals surface area contributed by atoms with Crippen LogP contribution < -0.4 is 10.6 Å². The van der Waals surface area contributed by atoms with Crippen molar-refractivity contribution in [2.45, 2.75) is 65.2 Å². The van der Waals surface area contributed by atoms with Crippen molar-refractivity contribution in [2.24, 2.45) is 0 Å². The SMILES string of the molecule is Brc1nnc2cccnn12.C#Cc1cc(C(=O)Nc2ccc(CN3CCN(C)CC3)c(C(F)(F)F)c2)ccc1C.CC1CCCO1.Cc1ccc(C(=O)Nc2ccc(CN3CCN(C)CC3)c(C(F)(F)F)c2)cc1C#Cc1nnc2cccnn12. The van der Waals surface area contributed by atoms with Gasteiger partial charge in [0.05, 0.1) is 17.2 Å². The molecule has 4 aromatic heterocycles. The predicted octanol–water partition coefficient (Wildman–Crippen LogP) is 9.92. The molecule has 85 heavy (non-hydrogen) atoms. The molecule has 0 radical (unpaired) electrons. The molecule has 0 bridgehead atoms. The number of hydrogen-bond acceptors (Lipinski definition) is 13. The zero-order chi connectivity index (χ0) is 60.8. The van der Waals surface area contributed by atoms with E-state index in [0.717, 1.165) is 74.8 Å². The number of ether oxygens (including phenoxy) is 1. The molecule has 17 nitrogen and oxygen atoms in total. The molecule has 3 saturated heterocycles. The minimum Gasteiger partial charge on any atom is -0.379 e. The summed E-state index contributed by atoms with van der Waals surface area (Å²) in [5, 5.41) is 28.9. The number of carbonyl (C=O) groups excluding carboxylic acids is 2. The molecule has 8 aromatic rings. The Morgan fingerprint density at radius 1 is 0.635 bits per heavy atom. The quantitative estimate of drug-likeness (QED) is 0.109. The lowest BCUT2D eigenvalue weighted by Gasteiger charge is -2.33. The van der Waals surface area contributed by atoms with Crippen molar-refractivity contribution in [1.82, 2.24) is 59.2 Å². The number of amides is 2. The van der Waals surface area contributed by atoms with Crippen molar-refractivity contribution in [2.75, 3.05) is 83.7 Å². The maximum absolute atomic E-state index is 13.9. The number of hydrogen-bond donors (Lipinski definition) is 2. The van der Waals surface area contributed by atoms with E-state index in [-0.39, 0.29) is 41.2 Å². The van der Waals surface area contributed by atoms with E-state index in [1.807, 2.05) is 49.9 Å². The van der Waals surface area contributed by atoms with Gasteiger partial charge in [-0.25, -0.2) is 0 Å². The molecule has 4 aromatic carbocycles. The maximum Gasteiger partial charge on any atom is 0.416 e. The van der Waals surface area contributed by atoms with Crippen LogP contribution in [0.25, 0.3) is 11.3 Å². The standard InChI is InChI=1S/C28H26F3N7O.C23H24F3N3O.C5H3BrN4.C5H10O/c1-19-5-6-21(16-20(19)8-10-26-35-34-25-4-3-11-32-38(25)26)27(39)33-23-9-7-22(24(17-23)28(29,30)31)18-37-14-12-36(2)13-15-37;1-4-17-13-18(6-5-16(17)2)22(30)27-20-8-7-19(21(14-20)23(24,25)26)15-29-11-9-28(3)10-12-29;6-5-9-8-4-2-1-3-7-10(4)5;1-5-3-2-4-6-5/h3-7,9,11,16-17H,12-15,18H2,1-2H3,(H,33,39);1,5-8,13-14H,9-12,15H2,2-3H3,(H,27,30);1-3H;5H,2-4H2,1H3. The first-order valence-corrected chi connectivity index (χ1v) is 28.1. The van der Waals surface area contributed by atoms with Crippen molar-refractivity contribution < 1.29 is 40.7 Å². The van der Waals surface area contributed by atoms with E-state index in [1.54, 1.807) is 65.4 Å². The van der Waals surface area contributed by atoms with Gasteiger partial charge in [-0.15, -0.1) is 26.8 Å². The topological polar surface area (TPSA) is 167 Å². The first-order valence-electron chi connectivity index (χ1n) is 27.3. The third-order valence-electron chi connectivity index (χ3n) is 14.3. The molecule has 0 spiro atoms. The number of fused-ring (bicyclic) bond motifs is 2. The molecular formula is C61H63BrF6N14O3. The molecule has 2 amide bonds. The minimum absolute atomic E-state index is 0.0728. The van der Waals surface area contributed by atoms with Crippen LogP contribution in [0.4, 0.5) is 37.7 Å². The number of nitrogens with one attached hydrogen (secondary N) is 2. The molecule has 3 aliphatic heterocycles. The van der Waals surface area contributed by atoms with Crippen LogP contribution in [-0.2, 0) is 30.2 Å². The Bertz CT molecular complexity index is 3720. The van der Waals surface area contributed by atoms with Crippen LogP contribution in [0.3, 0.4) is 0 Å². The Morgan fingerprint density at radius 3 is 1.58 bits per heavy atom. The largest absolute Gasteiger partial charge is 0.416 e. The van der Waals surface area contributed by atoms with Crippen molar-refractivity contribution in [3.8, 4) is 24.2 Å². The van der Waals surface area contributed by atoms with Gasteiger partial charge in [0.15, 0.2) is 11.3 Å². The van der Waals surface area contributed by atoms with Gasteiger partial charge < -0.3 is 25.2 Å². The third-order valence-corrected chi connectivity index (χ3v) is 14.8. The first kappa shape index (κ1) is 62.9. The van der Waals surface area contributed by atoms with E-state index < -0.39 is 35.3 Å². The van der Waals surface area contributed by atoms with Crippen LogP contribution in [0.5, 0.6) is 0 Å². The zero-order valence-electron chi connectivity index (χ0n) is 47.5. The van der Waals surface area contributed by atoms with Crippen LogP contribution in [0.2, 0.25) is 0 Å². The molecule has 444 valence electrons. The van der Waals surface area contributed by atoms with Gasteiger partial charge in [-0.3, -0.25) is 19.4 Å². The number of piperazine rings is 2. The van der Waals surface area contributed by atoms with E-state index in [9.17, 15) is 35.9 Å². The summed E-state index contributed by atoms with van der Waals surface area (Å²) in [7, 11) is 3.99. The second kappa shape index (κ2) is 28.7. The number of terminal acetylenes is 1. The predicted molar refractivity (Wildman–Crippen MR) is 315 cm³/mol. The maximum atomic E-state index is 13.9. The number of alkyl halides is 6. The summed E-state index contributed by atoms with van der Waals surface area (Å²) in [6.07, 6.45) is 2.73. The van der Waals surface area contributed by atoms with E-state index in [4.69, 9.17) is 11.2 Å². The fraction of sp³-hybridized carbons (Fsp3) is 0.344. The fourth-order valence-electron chi connectivity index (χ4n) is 9.23. The highest BCUT2D eigenvalue weighted by Crippen LogP contribution is 2.36. The number of nitrogens with zero attached hydrogens (tertiary/aromatic N) is 12. The number of anilines is 2. The minimum atomic E-state index is -4.55. The van der Waals surface area contributed by atoms with Gasteiger partial charge in [0.2, 0.25) is 10.6 Å². The Labute approximate surface area is 496 Å². The molecule has 0 saturated carbocycles. The molecule has 7 heterocycles. The summed E-state index contributed by atoms with van der Waals surface area (Å²) >= 11 is 3.19. The summed E-state index contributed by atoms with van der Waals surface area (Å²) in [6, 6.07) is 24.9. The van der Waals surface area contributed by atoms with Crippen LogP contribution >= 0.6 is 15.9 Å². The van der Waals surface area contributed by atoms with Crippen LogP contribution in [0, 0.1) is 38.0 Å². The number of aryl methyl sites for hydroxylation is 2. The van der Waals surface area contributed by atoms with Crippen molar-refractivity contribution in [1.29, 1.82) is 0 Å². The molecule has 24 heteroatoms. The monoisotopic (exact) mass is 1230 g/mol. The highest BCUT2D eigenvalue weighted by molar-refractivity contribution is 9.10. The highest BCUT2D eigenvalue weighted by atomic mass is 79.9. The van der Waals surface area contributed by atoms with Gasteiger partial charge in [-0.1, -0.05) is 36.1 Å². The number of aromatic nitrogens is 8. The third kappa shape index (κ3) is 17.5. The number of likely N-dealkylation sites (N-methyl/N-ethyl adjacent to an activating group) is 2. The lowest BCUT2D eigenvalue weighted by atomic mass is 10.0. The Balaban J connectivity index is 0.000000178. The molecule has 0 aliphatic carbocycles. The number of benzene rings is 4. The van der Waals surface area contributed by atoms with Crippen LogP contribution in [-0.4, -0.2) is 150 Å². The summed E-state index contributed by atoms with van der Waals surface area (Å²) in [5.74, 6) is 7.71. The summed E-state index contributed by atoms with van der Waals surface area (Å²) < 4.78 is 91.7. The Kier molecular flexibility index (Phi) is 21.2. The number of carbonyl (C=O) groups is 2. The zero-order valence-corrected chi connectivity index (χ0v) is 49.1. The molecule has 3 aliphatic rings. The van der Waals surface area contributed by atoms with E-state index >= 15 is 0 Å². The number of rotatable bonds is 8. The Morgan fingerprint density at radius 2 is 1.12 bits per heavy atom. The van der Waals surface area contributed by atoms with Crippen molar-refractivity contribution in [3.63, 3.8) is 0 Å². The van der Waals surface area contributed by atoms with Gasteiger partial charge >= 0.3 is 12.4 Å². The smallest absolute Gasteiger partial charge is 0.379 e. The molecule has 11 rings (SSSR count).